The van der Waals surface area contributed by atoms with Gasteiger partial charge in [-0.3, -0.25) is 0 Å². The van der Waals surface area contributed by atoms with E-state index in [0.717, 1.165) is 35.0 Å². The first kappa shape index (κ1) is 11.9. The number of halogens is 2. The van der Waals surface area contributed by atoms with Crippen LogP contribution in [0.2, 0.25) is 0 Å². The molecule has 1 aromatic rings. The summed E-state index contributed by atoms with van der Waals surface area (Å²) in [6, 6.07) is 1.69. The van der Waals surface area contributed by atoms with Crippen LogP contribution in [0.5, 0.6) is 5.75 Å². The second kappa shape index (κ2) is 4.72. The molecule has 1 fully saturated rings. The molecule has 1 aliphatic heterocycles. The molecule has 1 heterocycles. The van der Waals surface area contributed by atoms with Crippen molar-refractivity contribution in [3.8, 4) is 5.75 Å². The normalized spacial score (nSPS) is 20.1. The lowest BCUT2D eigenvalue weighted by Gasteiger charge is -2.19. The maximum absolute atomic E-state index is 13.8. The maximum atomic E-state index is 13.8. The molecule has 4 heteroatoms. The lowest BCUT2D eigenvalue weighted by Crippen LogP contribution is -2.15. The monoisotopic (exact) mass is 287 g/mol. The first-order valence-corrected chi connectivity index (χ1v) is 6.20. The highest BCUT2D eigenvalue weighted by atomic mass is 79.9. The molecule has 0 bridgehead atoms. The summed E-state index contributed by atoms with van der Waals surface area (Å²) in [7, 11) is 1.51. The highest BCUT2D eigenvalue weighted by molar-refractivity contribution is 9.10. The van der Waals surface area contributed by atoms with Crippen molar-refractivity contribution in [2.45, 2.75) is 25.8 Å². The Labute approximate surface area is 103 Å². The molecule has 0 spiro atoms. The number of hydrogen-bond acceptors (Lipinski definition) is 2. The van der Waals surface area contributed by atoms with Crippen LogP contribution in [0.4, 0.5) is 4.39 Å². The largest absolute Gasteiger partial charge is 0.493 e. The summed E-state index contributed by atoms with van der Waals surface area (Å²) in [5.41, 5.74) is 1.82. The van der Waals surface area contributed by atoms with Crippen molar-refractivity contribution in [1.82, 2.24) is 5.32 Å². The molecule has 1 N–H and O–H groups in total. The van der Waals surface area contributed by atoms with E-state index in [9.17, 15) is 4.39 Å². The zero-order valence-corrected chi connectivity index (χ0v) is 11.0. The summed E-state index contributed by atoms with van der Waals surface area (Å²) < 4.78 is 19.9. The Morgan fingerprint density at radius 3 is 2.88 bits per heavy atom. The van der Waals surface area contributed by atoms with Crippen LogP contribution in [0.15, 0.2) is 10.5 Å². The van der Waals surface area contributed by atoms with Gasteiger partial charge in [0.1, 0.15) is 0 Å². The van der Waals surface area contributed by atoms with E-state index >= 15 is 0 Å². The van der Waals surface area contributed by atoms with Crippen LogP contribution < -0.4 is 10.1 Å². The zero-order chi connectivity index (χ0) is 11.7. The van der Waals surface area contributed by atoms with Crippen molar-refractivity contribution >= 4 is 15.9 Å². The Morgan fingerprint density at radius 1 is 1.56 bits per heavy atom. The van der Waals surface area contributed by atoms with Gasteiger partial charge < -0.3 is 10.1 Å². The van der Waals surface area contributed by atoms with Crippen LogP contribution in [-0.4, -0.2) is 13.7 Å². The fourth-order valence-electron chi connectivity index (χ4n) is 2.21. The van der Waals surface area contributed by atoms with E-state index < -0.39 is 0 Å². The standard InChI is InChI=1S/C12H15BrFNO/c1-7-6-8(14)12(16-2)10(11(7)13)9-4-3-5-15-9/h6,9,15H,3-5H2,1-2H3. The number of aryl methyl sites for hydroxylation is 1. The smallest absolute Gasteiger partial charge is 0.165 e. The molecule has 0 saturated carbocycles. The lowest BCUT2D eigenvalue weighted by atomic mass is 10.0. The molecular formula is C12H15BrFNO. The van der Waals surface area contributed by atoms with E-state index in [-0.39, 0.29) is 11.9 Å². The molecule has 1 aromatic carbocycles. The average molecular weight is 288 g/mol. The average Bonchev–Trinajstić information content (AvgIpc) is 2.76. The topological polar surface area (TPSA) is 21.3 Å². The van der Waals surface area contributed by atoms with Gasteiger partial charge in [0.05, 0.1) is 7.11 Å². The molecule has 0 aromatic heterocycles. The van der Waals surface area contributed by atoms with E-state index in [2.05, 4.69) is 21.2 Å². The van der Waals surface area contributed by atoms with Gasteiger partial charge in [-0.2, -0.15) is 0 Å². The van der Waals surface area contributed by atoms with Crippen molar-refractivity contribution in [3.05, 3.63) is 27.5 Å². The number of methoxy groups -OCH3 is 1. The summed E-state index contributed by atoms with van der Waals surface area (Å²) in [6.45, 7) is 2.88. The molecule has 2 rings (SSSR count). The summed E-state index contributed by atoms with van der Waals surface area (Å²) in [5.74, 6) is 0.0729. The SMILES string of the molecule is COc1c(F)cc(C)c(Br)c1C1CCCN1. The Morgan fingerprint density at radius 2 is 2.31 bits per heavy atom. The number of nitrogens with one attached hydrogen (secondary N) is 1. The van der Waals surface area contributed by atoms with Crippen LogP contribution in [0, 0.1) is 12.7 Å². The molecule has 2 nitrogen and oxygen atoms in total. The zero-order valence-electron chi connectivity index (χ0n) is 9.44. The van der Waals surface area contributed by atoms with E-state index in [1.807, 2.05) is 6.92 Å². The molecule has 1 atom stereocenters. The molecule has 0 aliphatic carbocycles. The number of benzene rings is 1. The van der Waals surface area contributed by atoms with E-state index in [1.165, 1.54) is 13.2 Å². The van der Waals surface area contributed by atoms with Crippen LogP contribution >= 0.6 is 15.9 Å². The van der Waals surface area contributed by atoms with Gasteiger partial charge in [0.15, 0.2) is 11.6 Å². The summed E-state index contributed by atoms with van der Waals surface area (Å²) in [4.78, 5) is 0. The van der Waals surface area contributed by atoms with Gasteiger partial charge in [-0.25, -0.2) is 4.39 Å². The van der Waals surface area contributed by atoms with Crippen LogP contribution in [0.25, 0.3) is 0 Å². The minimum absolute atomic E-state index is 0.193. The van der Waals surface area contributed by atoms with Crippen LogP contribution in [0.3, 0.4) is 0 Å². The minimum atomic E-state index is -0.285. The summed E-state index contributed by atoms with van der Waals surface area (Å²) in [5, 5.41) is 3.37. The molecule has 1 saturated heterocycles. The molecule has 0 radical (unpaired) electrons. The number of hydrogen-bond donors (Lipinski definition) is 1. The van der Waals surface area contributed by atoms with Gasteiger partial charge in [0, 0.05) is 16.1 Å². The van der Waals surface area contributed by atoms with Crippen molar-refractivity contribution in [1.29, 1.82) is 0 Å². The quantitative estimate of drug-likeness (QED) is 0.901. The van der Waals surface area contributed by atoms with Crippen molar-refractivity contribution in [3.63, 3.8) is 0 Å². The molecule has 1 aliphatic rings. The second-order valence-electron chi connectivity index (χ2n) is 4.09. The van der Waals surface area contributed by atoms with E-state index in [4.69, 9.17) is 4.74 Å². The van der Waals surface area contributed by atoms with Gasteiger partial charge in [-0.05, 0) is 37.9 Å². The highest BCUT2D eigenvalue weighted by Gasteiger charge is 2.25. The molecule has 16 heavy (non-hydrogen) atoms. The van der Waals surface area contributed by atoms with Crippen LogP contribution in [0.1, 0.15) is 30.0 Å². The van der Waals surface area contributed by atoms with Gasteiger partial charge in [-0.15, -0.1) is 0 Å². The maximum Gasteiger partial charge on any atom is 0.165 e. The van der Waals surface area contributed by atoms with E-state index in [1.54, 1.807) is 0 Å². The summed E-state index contributed by atoms with van der Waals surface area (Å²) >= 11 is 3.53. The predicted molar refractivity (Wildman–Crippen MR) is 65.4 cm³/mol. The Kier molecular flexibility index (Phi) is 3.50. The van der Waals surface area contributed by atoms with Gasteiger partial charge in [-0.1, -0.05) is 15.9 Å². The molecule has 1 unspecified atom stereocenters. The third-order valence-electron chi connectivity index (χ3n) is 3.00. The summed E-state index contributed by atoms with van der Waals surface area (Å²) in [6.07, 6.45) is 2.15. The van der Waals surface area contributed by atoms with E-state index in [0.29, 0.717) is 5.75 Å². The minimum Gasteiger partial charge on any atom is -0.493 e. The molecular weight excluding hydrogens is 273 g/mol. The van der Waals surface area contributed by atoms with Crippen molar-refractivity contribution in [2.24, 2.45) is 0 Å². The number of ether oxygens (including phenoxy) is 1. The molecule has 0 amide bonds. The fraction of sp³-hybridized carbons (Fsp3) is 0.500. The Balaban J connectivity index is 2.54. The van der Waals surface area contributed by atoms with Crippen molar-refractivity contribution in [2.75, 3.05) is 13.7 Å². The number of rotatable bonds is 2. The Hall–Kier alpha value is -0.610. The van der Waals surface area contributed by atoms with Crippen molar-refractivity contribution < 1.29 is 9.13 Å². The van der Waals surface area contributed by atoms with Gasteiger partial charge in [0.25, 0.3) is 0 Å². The first-order valence-electron chi connectivity index (χ1n) is 5.41. The first-order chi connectivity index (χ1) is 7.65. The second-order valence-corrected chi connectivity index (χ2v) is 4.88. The fourth-order valence-corrected chi connectivity index (χ4v) is 2.78. The van der Waals surface area contributed by atoms with Gasteiger partial charge in [0.2, 0.25) is 0 Å². The third-order valence-corrected chi connectivity index (χ3v) is 4.05. The highest BCUT2D eigenvalue weighted by Crippen LogP contribution is 2.39. The Bertz CT molecular complexity index is 402. The van der Waals surface area contributed by atoms with Crippen LogP contribution in [-0.2, 0) is 0 Å². The molecule has 88 valence electrons. The lowest BCUT2D eigenvalue weighted by molar-refractivity contribution is 0.375. The third kappa shape index (κ3) is 1.96. The predicted octanol–water partition coefficient (Wildman–Crippen LogP) is 3.33. The van der Waals surface area contributed by atoms with Gasteiger partial charge >= 0.3 is 0 Å².